The quantitative estimate of drug-likeness (QED) is 0.0393. The van der Waals surface area contributed by atoms with Crippen LogP contribution in [-0.2, 0) is 9.47 Å². The van der Waals surface area contributed by atoms with Gasteiger partial charge in [-0.15, -0.1) is 0 Å². The van der Waals surface area contributed by atoms with Gasteiger partial charge >= 0.3 is 6.16 Å². The van der Waals surface area contributed by atoms with Crippen LogP contribution in [-0.4, -0.2) is 81.7 Å². The summed E-state index contributed by atoms with van der Waals surface area (Å²) >= 11 is 0. The first kappa shape index (κ1) is 52.2. The fraction of sp³-hybridized carbons (Fsp3) is 0.804. The Kier molecular flexibility index (Phi) is 45.5. The van der Waals surface area contributed by atoms with Crippen LogP contribution >= 0.6 is 0 Å². The van der Waals surface area contributed by atoms with Crippen molar-refractivity contribution < 1.29 is 19.4 Å². The van der Waals surface area contributed by atoms with E-state index in [0.717, 1.165) is 51.6 Å². The zero-order valence-electron chi connectivity index (χ0n) is 35.5. The topological polar surface area (TPSA) is 62.2 Å². The summed E-state index contributed by atoms with van der Waals surface area (Å²) in [7, 11) is 7.82. The van der Waals surface area contributed by atoms with Crippen molar-refractivity contribution in [3.8, 4) is 0 Å². The van der Waals surface area contributed by atoms with E-state index in [1.807, 2.05) is 38.0 Å². The number of hydrogen-bond donors (Lipinski definition) is 1. The van der Waals surface area contributed by atoms with Gasteiger partial charge in [-0.1, -0.05) is 140 Å². The minimum Gasteiger partial charge on any atom is -0.433 e. The van der Waals surface area contributed by atoms with E-state index in [4.69, 9.17) is 14.6 Å². The average Bonchev–Trinajstić information content (AvgIpc) is 3.11. The second-order valence-corrected chi connectivity index (χ2v) is 14.9. The first-order valence-electron chi connectivity index (χ1n) is 21.7. The van der Waals surface area contributed by atoms with Crippen LogP contribution in [0.15, 0.2) is 48.6 Å². The Morgan fingerprint density at radius 1 is 0.519 bits per heavy atom. The summed E-state index contributed by atoms with van der Waals surface area (Å²) in [5.41, 5.74) is 0. The zero-order chi connectivity index (χ0) is 38.6. The van der Waals surface area contributed by atoms with Gasteiger partial charge in [-0.3, -0.25) is 0 Å². The van der Waals surface area contributed by atoms with Crippen molar-refractivity contribution in [2.75, 3.05) is 54.5 Å². The van der Waals surface area contributed by atoms with Gasteiger partial charge in [0.15, 0.2) is 0 Å². The molecule has 0 radical (unpaired) electrons. The summed E-state index contributed by atoms with van der Waals surface area (Å²) in [5, 5.41) is 8.20. The molecule has 0 bridgehead atoms. The number of carbonyl (C=O) groups is 1. The van der Waals surface area contributed by atoms with Crippen molar-refractivity contribution in [3.05, 3.63) is 48.6 Å². The number of unbranched alkanes of at least 4 members (excludes halogenated alkanes) is 18. The van der Waals surface area contributed by atoms with Crippen molar-refractivity contribution in [1.82, 2.24) is 9.80 Å². The molecule has 0 saturated heterocycles. The number of carbonyl (C=O) groups excluding carboxylic acids is 1. The van der Waals surface area contributed by atoms with Crippen LogP contribution in [0, 0.1) is 0 Å². The molecule has 6 nitrogen and oxygen atoms in total. The molecular weight excluding hydrogens is 645 g/mol. The Bertz CT molecular complexity index is 773. The Labute approximate surface area is 324 Å². The van der Waals surface area contributed by atoms with E-state index in [2.05, 4.69) is 62.5 Å². The molecule has 0 amide bonds. The van der Waals surface area contributed by atoms with Crippen molar-refractivity contribution in [1.29, 1.82) is 0 Å². The third kappa shape index (κ3) is 48.1. The standard InChI is InChI=1S/C42H77NO3.C4H11NO/c1-5-7-9-11-13-15-17-19-21-23-25-27-29-31-33-35-37-41(46-42(44)45-40-39-43(3)4)38-36-34-32-30-28-26-24-22-20-18-16-14-12-10-8-6-2;1-5(2)3-4-6/h13-16,19-22,41H,5-12,17-18,23-40H2,1-4H3;6H,3-4H2,1-2H3/b15-13-,16-14-,21-19-,22-20-;. The summed E-state index contributed by atoms with van der Waals surface area (Å²) in [6, 6.07) is 0. The van der Waals surface area contributed by atoms with Gasteiger partial charge in [-0.25, -0.2) is 4.79 Å². The molecule has 0 spiro atoms. The lowest BCUT2D eigenvalue weighted by Crippen LogP contribution is -2.23. The summed E-state index contributed by atoms with van der Waals surface area (Å²) in [4.78, 5) is 16.2. The minimum atomic E-state index is -0.494. The van der Waals surface area contributed by atoms with E-state index in [0.29, 0.717) is 6.61 Å². The van der Waals surface area contributed by atoms with Crippen molar-refractivity contribution >= 4 is 6.16 Å². The first-order valence-corrected chi connectivity index (χ1v) is 21.7. The summed E-state index contributed by atoms with van der Waals surface area (Å²) in [5.74, 6) is 0. The molecule has 0 aliphatic carbocycles. The Morgan fingerprint density at radius 2 is 0.885 bits per heavy atom. The Balaban J connectivity index is 0. The molecule has 0 aromatic heterocycles. The molecule has 0 rings (SSSR count). The van der Waals surface area contributed by atoms with Crippen molar-refractivity contribution in [2.45, 2.75) is 187 Å². The van der Waals surface area contributed by atoms with Gasteiger partial charge < -0.3 is 24.4 Å². The highest BCUT2D eigenvalue weighted by Crippen LogP contribution is 2.18. The fourth-order valence-corrected chi connectivity index (χ4v) is 5.66. The average molecular weight is 733 g/mol. The number of likely N-dealkylation sites (N-methyl/N-ethyl adjacent to an activating group) is 2. The Hall–Kier alpha value is -1.89. The molecule has 0 aromatic carbocycles. The highest BCUT2D eigenvalue weighted by Gasteiger charge is 2.15. The maximum absolute atomic E-state index is 12.3. The molecule has 0 atom stereocenters. The number of aliphatic hydroxyl groups is 1. The van der Waals surface area contributed by atoms with Gasteiger partial charge in [0.1, 0.15) is 12.7 Å². The van der Waals surface area contributed by atoms with Gasteiger partial charge in [-0.05, 0) is 118 Å². The summed E-state index contributed by atoms with van der Waals surface area (Å²) in [6.07, 6.45) is 50.0. The van der Waals surface area contributed by atoms with Crippen LogP contribution < -0.4 is 0 Å². The number of aliphatic hydroxyl groups excluding tert-OH is 1. The fourth-order valence-electron chi connectivity index (χ4n) is 5.66. The number of allylic oxidation sites excluding steroid dienone is 8. The van der Waals surface area contributed by atoms with Crippen LogP contribution in [0.5, 0.6) is 0 Å². The van der Waals surface area contributed by atoms with Crippen molar-refractivity contribution in [2.24, 2.45) is 0 Å². The van der Waals surface area contributed by atoms with Gasteiger partial charge in [0.25, 0.3) is 0 Å². The SMILES string of the molecule is CCCCC/C=C\C/C=C\CCCCCCCCC(CCCCCCCC/C=C\C/C=C\CCCCC)OC(=O)OCCN(C)C.CN(C)CCO. The number of rotatable bonds is 36. The van der Waals surface area contributed by atoms with Crippen LogP contribution in [0.1, 0.15) is 181 Å². The number of nitrogens with zero attached hydrogens (tertiary/aromatic N) is 2. The molecular formula is C46H88N2O4. The predicted molar refractivity (Wildman–Crippen MR) is 228 cm³/mol. The summed E-state index contributed by atoms with van der Waals surface area (Å²) in [6.45, 7) is 6.64. The largest absolute Gasteiger partial charge is 0.508 e. The minimum absolute atomic E-state index is 0.0106. The Morgan fingerprint density at radius 3 is 1.23 bits per heavy atom. The second-order valence-electron chi connectivity index (χ2n) is 14.9. The van der Waals surface area contributed by atoms with Gasteiger partial charge in [0, 0.05) is 13.1 Å². The van der Waals surface area contributed by atoms with E-state index in [-0.39, 0.29) is 12.7 Å². The molecule has 0 aromatic rings. The van der Waals surface area contributed by atoms with Crippen LogP contribution in [0.2, 0.25) is 0 Å². The third-order valence-corrected chi connectivity index (χ3v) is 9.02. The van der Waals surface area contributed by atoms with E-state index in [1.165, 1.54) is 128 Å². The molecule has 52 heavy (non-hydrogen) atoms. The molecule has 0 unspecified atom stereocenters. The van der Waals surface area contributed by atoms with E-state index >= 15 is 0 Å². The van der Waals surface area contributed by atoms with Crippen molar-refractivity contribution in [3.63, 3.8) is 0 Å². The van der Waals surface area contributed by atoms with Gasteiger partial charge in [-0.2, -0.15) is 0 Å². The zero-order valence-corrected chi connectivity index (χ0v) is 35.5. The molecule has 306 valence electrons. The monoisotopic (exact) mass is 733 g/mol. The van der Waals surface area contributed by atoms with Crippen LogP contribution in [0.3, 0.4) is 0 Å². The molecule has 0 aliphatic heterocycles. The van der Waals surface area contributed by atoms with E-state index in [9.17, 15) is 4.79 Å². The smallest absolute Gasteiger partial charge is 0.433 e. The molecule has 0 fully saturated rings. The van der Waals surface area contributed by atoms with Gasteiger partial charge in [0.2, 0.25) is 0 Å². The number of hydrogen-bond acceptors (Lipinski definition) is 6. The maximum atomic E-state index is 12.3. The molecule has 1 N–H and O–H groups in total. The van der Waals surface area contributed by atoms with E-state index < -0.39 is 6.16 Å². The lowest BCUT2D eigenvalue weighted by atomic mass is 10.0. The highest BCUT2D eigenvalue weighted by molar-refractivity contribution is 5.60. The van der Waals surface area contributed by atoms with Gasteiger partial charge in [0.05, 0.1) is 6.61 Å². The van der Waals surface area contributed by atoms with E-state index in [1.54, 1.807) is 0 Å². The molecule has 0 saturated carbocycles. The normalized spacial score (nSPS) is 12.0. The lowest BCUT2D eigenvalue weighted by Gasteiger charge is -2.18. The van der Waals surface area contributed by atoms with Crippen LogP contribution in [0.4, 0.5) is 4.79 Å². The lowest BCUT2D eigenvalue weighted by molar-refractivity contribution is 0.0139. The predicted octanol–water partition coefficient (Wildman–Crippen LogP) is 13.0. The number of ether oxygens (including phenoxy) is 2. The molecule has 0 aliphatic rings. The van der Waals surface area contributed by atoms with Crippen LogP contribution in [0.25, 0.3) is 0 Å². The summed E-state index contributed by atoms with van der Waals surface area (Å²) < 4.78 is 11.1. The molecule has 0 heterocycles. The maximum Gasteiger partial charge on any atom is 0.508 e. The third-order valence-electron chi connectivity index (χ3n) is 9.02. The second kappa shape index (κ2) is 45.3. The molecule has 6 heteroatoms. The first-order chi connectivity index (χ1) is 25.4. The highest BCUT2D eigenvalue weighted by atomic mass is 16.7.